The summed E-state index contributed by atoms with van der Waals surface area (Å²) >= 11 is 0. The van der Waals surface area contributed by atoms with Gasteiger partial charge < -0.3 is 10.3 Å². The number of rotatable bonds is 2. The normalized spacial score (nSPS) is 10.5. The molecule has 0 atom stereocenters. The van der Waals surface area contributed by atoms with Gasteiger partial charge in [-0.05, 0) is 11.6 Å². The summed E-state index contributed by atoms with van der Waals surface area (Å²) in [6.45, 7) is 0. The molecule has 0 aliphatic rings. The number of nitrogens with two attached hydrogens (primary N) is 1. The summed E-state index contributed by atoms with van der Waals surface area (Å²) in [6, 6.07) is 3.66. The van der Waals surface area contributed by atoms with E-state index in [4.69, 9.17) is 5.73 Å². The van der Waals surface area contributed by atoms with Gasteiger partial charge in [0.1, 0.15) is 5.69 Å². The maximum Gasteiger partial charge on any atom is 0.265 e. The number of carbonyl (C=O) groups excluding carboxylic acids is 1. The molecule has 0 saturated heterocycles. The second kappa shape index (κ2) is 3.97. The molecule has 0 aliphatic heterocycles. The SMILES string of the molecule is Cn1ccc(-c2cc(F)nc(F)c2)c1C(N)=O. The Morgan fingerprint density at radius 3 is 2.47 bits per heavy atom. The third kappa shape index (κ3) is 2.01. The number of aryl methyl sites for hydroxylation is 1. The van der Waals surface area contributed by atoms with E-state index < -0.39 is 17.8 Å². The van der Waals surface area contributed by atoms with Crippen molar-refractivity contribution in [2.24, 2.45) is 12.8 Å². The van der Waals surface area contributed by atoms with Gasteiger partial charge in [-0.2, -0.15) is 13.8 Å². The Morgan fingerprint density at radius 1 is 1.35 bits per heavy atom. The average molecular weight is 237 g/mol. The molecule has 4 nitrogen and oxygen atoms in total. The molecule has 2 aromatic heterocycles. The molecule has 0 bridgehead atoms. The number of hydrogen-bond donors (Lipinski definition) is 1. The lowest BCUT2D eigenvalue weighted by molar-refractivity contribution is 0.0993. The van der Waals surface area contributed by atoms with E-state index in [-0.39, 0.29) is 11.3 Å². The van der Waals surface area contributed by atoms with Gasteiger partial charge in [-0.1, -0.05) is 0 Å². The highest BCUT2D eigenvalue weighted by molar-refractivity contribution is 5.98. The van der Waals surface area contributed by atoms with Crippen LogP contribution in [0.3, 0.4) is 0 Å². The number of amides is 1. The van der Waals surface area contributed by atoms with Crippen LogP contribution in [0.4, 0.5) is 8.78 Å². The van der Waals surface area contributed by atoms with Crippen LogP contribution < -0.4 is 5.73 Å². The molecule has 6 heteroatoms. The highest BCUT2D eigenvalue weighted by atomic mass is 19.1. The first-order valence-corrected chi connectivity index (χ1v) is 4.77. The fraction of sp³-hybridized carbons (Fsp3) is 0.0909. The summed E-state index contributed by atoms with van der Waals surface area (Å²) in [6.07, 6.45) is 1.59. The van der Waals surface area contributed by atoms with E-state index >= 15 is 0 Å². The van der Waals surface area contributed by atoms with Crippen LogP contribution in [-0.2, 0) is 7.05 Å². The molecular formula is C11H9F2N3O. The van der Waals surface area contributed by atoms with E-state index in [0.29, 0.717) is 5.56 Å². The van der Waals surface area contributed by atoms with Gasteiger partial charge in [0.2, 0.25) is 11.9 Å². The molecule has 2 N–H and O–H groups in total. The lowest BCUT2D eigenvalue weighted by atomic mass is 10.1. The summed E-state index contributed by atoms with van der Waals surface area (Å²) < 4.78 is 27.5. The molecule has 0 saturated carbocycles. The van der Waals surface area contributed by atoms with Crippen LogP contribution in [0, 0.1) is 11.9 Å². The molecule has 0 aliphatic carbocycles. The van der Waals surface area contributed by atoms with Crippen molar-refractivity contribution in [2.45, 2.75) is 0 Å². The largest absolute Gasteiger partial charge is 0.364 e. The summed E-state index contributed by atoms with van der Waals surface area (Å²) in [7, 11) is 1.62. The first-order chi connectivity index (χ1) is 7.99. The summed E-state index contributed by atoms with van der Waals surface area (Å²) in [5.41, 5.74) is 6.00. The van der Waals surface area contributed by atoms with E-state index in [9.17, 15) is 13.6 Å². The van der Waals surface area contributed by atoms with Crippen LogP contribution in [0.1, 0.15) is 10.5 Å². The number of primary amides is 1. The van der Waals surface area contributed by atoms with E-state index in [1.165, 1.54) is 4.57 Å². The van der Waals surface area contributed by atoms with Gasteiger partial charge in [-0.25, -0.2) is 0 Å². The van der Waals surface area contributed by atoms with Crippen LogP contribution in [0.5, 0.6) is 0 Å². The van der Waals surface area contributed by atoms with Crippen LogP contribution in [0.2, 0.25) is 0 Å². The van der Waals surface area contributed by atoms with Crippen molar-refractivity contribution >= 4 is 5.91 Å². The van der Waals surface area contributed by atoms with Crippen molar-refractivity contribution in [2.75, 3.05) is 0 Å². The molecule has 88 valence electrons. The predicted molar refractivity (Wildman–Crippen MR) is 57.1 cm³/mol. The fourth-order valence-corrected chi connectivity index (χ4v) is 1.69. The Balaban J connectivity index is 2.64. The van der Waals surface area contributed by atoms with E-state index in [2.05, 4.69) is 4.98 Å². The lowest BCUT2D eigenvalue weighted by Crippen LogP contribution is -2.16. The number of aromatic nitrogens is 2. The lowest BCUT2D eigenvalue weighted by Gasteiger charge is -2.04. The Morgan fingerprint density at radius 2 is 1.94 bits per heavy atom. The molecule has 0 aromatic carbocycles. The summed E-state index contributed by atoms with van der Waals surface area (Å²) in [5.74, 6) is -2.55. The van der Waals surface area contributed by atoms with Crippen molar-refractivity contribution in [3.05, 3.63) is 42.0 Å². The molecular weight excluding hydrogens is 228 g/mol. The summed E-state index contributed by atoms with van der Waals surface area (Å²) in [5, 5.41) is 0. The van der Waals surface area contributed by atoms with Gasteiger partial charge in [-0.15, -0.1) is 0 Å². The molecule has 0 unspecified atom stereocenters. The predicted octanol–water partition coefficient (Wildman–Crippen LogP) is 1.46. The first kappa shape index (κ1) is 11.3. The molecule has 0 spiro atoms. The molecule has 2 rings (SSSR count). The van der Waals surface area contributed by atoms with Crippen molar-refractivity contribution < 1.29 is 13.6 Å². The Labute approximate surface area is 95.7 Å². The van der Waals surface area contributed by atoms with Crippen molar-refractivity contribution in [1.82, 2.24) is 9.55 Å². The van der Waals surface area contributed by atoms with Gasteiger partial charge in [0.15, 0.2) is 0 Å². The zero-order chi connectivity index (χ0) is 12.6. The van der Waals surface area contributed by atoms with Crippen molar-refractivity contribution in [1.29, 1.82) is 0 Å². The van der Waals surface area contributed by atoms with Crippen LogP contribution in [0.15, 0.2) is 24.4 Å². The minimum absolute atomic E-state index is 0.190. The van der Waals surface area contributed by atoms with Gasteiger partial charge in [0, 0.05) is 30.9 Å². The molecule has 2 heterocycles. The number of pyridine rings is 1. The standard InChI is InChI=1S/C11H9F2N3O/c1-16-3-2-7(10(16)11(14)17)6-4-8(12)15-9(13)5-6/h2-5H,1H3,(H2,14,17). The minimum atomic E-state index is -0.945. The second-order valence-corrected chi connectivity index (χ2v) is 3.55. The number of hydrogen-bond acceptors (Lipinski definition) is 2. The zero-order valence-electron chi connectivity index (χ0n) is 8.95. The number of carbonyl (C=O) groups is 1. The van der Waals surface area contributed by atoms with Crippen molar-refractivity contribution in [3.8, 4) is 11.1 Å². The smallest absolute Gasteiger partial charge is 0.265 e. The topological polar surface area (TPSA) is 60.9 Å². The molecule has 1 amide bonds. The van der Waals surface area contributed by atoms with E-state index in [1.54, 1.807) is 19.3 Å². The van der Waals surface area contributed by atoms with Crippen molar-refractivity contribution in [3.63, 3.8) is 0 Å². The Hall–Kier alpha value is -2.24. The second-order valence-electron chi connectivity index (χ2n) is 3.55. The Kier molecular flexibility index (Phi) is 2.63. The van der Waals surface area contributed by atoms with E-state index in [0.717, 1.165) is 12.1 Å². The average Bonchev–Trinajstić information content (AvgIpc) is 2.58. The highest BCUT2D eigenvalue weighted by Gasteiger charge is 2.15. The van der Waals surface area contributed by atoms with Gasteiger partial charge in [-0.3, -0.25) is 4.79 Å². The van der Waals surface area contributed by atoms with Crippen LogP contribution in [-0.4, -0.2) is 15.5 Å². The quantitative estimate of drug-likeness (QED) is 0.804. The van der Waals surface area contributed by atoms with Gasteiger partial charge in [0.05, 0.1) is 0 Å². The molecule has 0 fully saturated rings. The summed E-state index contributed by atoms with van der Waals surface area (Å²) in [4.78, 5) is 14.2. The minimum Gasteiger partial charge on any atom is -0.364 e. The van der Waals surface area contributed by atoms with Gasteiger partial charge >= 0.3 is 0 Å². The fourth-order valence-electron chi connectivity index (χ4n) is 1.69. The van der Waals surface area contributed by atoms with Gasteiger partial charge in [0.25, 0.3) is 5.91 Å². The molecule has 2 aromatic rings. The van der Waals surface area contributed by atoms with Crippen LogP contribution in [0.25, 0.3) is 11.1 Å². The van der Waals surface area contributed by atoms with E-state index in [1.807, 2.05) is 0 Å². The number of halogens is 2. The number of nitrogens with zero attached hydrogens (tertiary/aromatic N) is 2. The maximum atomic E-state index is 13.0. The molecule has 0 radical (unpaired) electrons. The third-order valence-electron chi connectivity index (χ3n) is 2.38. The third-order valence-corrected chi connectivity index (χ3v) is 2.38. The van der Waals surface area contributed by atoms with Crippen LogP contribution >= 0.6 is 0 Å². The Bertz CT molecular complexity index is 572. The monoisotopic (exact) mass is 237 g/mol. The zero-order valence-corrected chi connectivity index (χ0v) is 8.95. The maximum absolute atomic E-state index is 13.0. The molecule has 17 heavy (non-hydrogen) atoms. The highest BCUT2D eigenvalue weighted by Crippen LogP contribution is 2.25. The first-order valence-electron chi connectivity index (χ1n) is 4.77.